The van der Waals surface area contributed by atoms with Crippen LogP contribution in [0.25, 0.3) is 0 Å². The van der Waals surface area contributed by atoms with Crippen LogP contribution in [0.2, 0.25) is 0 Å². The third-order valence-electron chi connectivity index (χ3n) is 4.79. The Hall–Kier alpha value is -1.29. The van der Waals surface area contributed by atoms with E-state index in [9.17, 15) is 4.79 Å². The third-order valence-corrected chi connectivity index (χ3v) is 4.79. The molecule has 2 aliphatic rings. The summed E-state index contributed by atoms with van der Waals surface area (Å²) in [5.74, 6) is 1.52. The minimum atomic E-state index is 0.216. The molecule has 19 heavy (non-hydrogen) atoms. The first-order valence-corrected chi connectivity index (χ1v) is 7.43. The zero-order valence-electron chi connectivity index (χ0n) is 11.8. The van der Waals surface area contributed by atoms with Crippen molar-refractivity contribution in [1.29, 1.82) is 0 Å². The Bertz CT molecular complexity index is 468. The van der Waals surface area contributed by atoms with Gasteiger partial charge in [-0.15, -0.1) is 0 Å². The predicted molar refractivity (Wildman–Crippen MR) is 75.1 cm³/mol. The molecular weight excluding hydrogens is 238 g/mol. The van der Waals surface area contributed by atoms with E-state index in [0.717, 1.165) is 38.3 Å². The van der Waals surface area contributed by atoms with Gasteiger partial charge in [0.15, 0.2) is 0 Å². The number of rotatable bonds is 3. The van der Waals surface area contributed by atoms with Crippen LogP contribution in [-0.2, 0) is 6.54 Å². The van der Waals surface area contributed by atoms with Gasteiger partial charge in [-0.05, 0) is 37.3 Å². The topological polar surface area (TPSA) is 37.3 Å². The number of aromatic nitrogens is 1. The molecule has 3 heterocycles. The monoisotopic (exact) mass is 261 g/mol. The van der Waals surface area contributed by atoms with Crippen LogP contribution in [0.5, 0.6) is 0 Å². The predicted octanol–water partition coefficient (Wildman–Crippen LogP) is 1.58. The molecule has 104 valence electrons. The molecule has 0 radical (unpaired) electrons. The van der Waals surface area contributed by atoms with Crippen molar-refractivity contribution in [3.8, 4) is 0 Å². The second-order valence-electron chi connectivity index (χ2n) is 5.69. The van der Waals surface area contributed by atoms with Gasteiger partial charge in [0.25, 0.3) is 5.91 Å². The SMILES string of the molecule is CCC1C2CNCC2CN1C(=O)c1cccn1CC. The molecule has 1 N–H and O–H groups in total. The molecule has 4 heteroatoms. The highest BCUT2D eigenvalue weighted by Crippen LogP contribution is 2.35. The number of aryl methyl sites for hydroxylation is 1. The fourth-order valence-electron chi connectivity index (χ4n) is 3.81. The molecule has 1 amide bonds. The number of fused-ring (bicyclic) bond motifs is 1. The van der Waals surface area contributed by atoms with Gasteiger partial charge in [-0.25, -0.2) is 0 Å². The number of likely N-dealkylation sites (tertiary alicyclic amines) is 1. The molecule has 0 aliphatic carbocycles. The van der Waals surface area contributed by atoms with E-state index < -0.39 is 0 Å². The fourth-order valence-corrected chi connectivity index (χ4v) is 3.81. The average Bonchev–Trinajstić information content (AvgIpc) is 3.11. The second kappa shape index (κ2) is 5.00. The van der Waals surface area contributed by atoms with Gasteiger partial charge in [-0.2, -0.15) is 0 Å². The van der Waals surface area contributed by atoms with Crippen molar-refractivity contribution in [2.75, 3.05) is 19.6 Å². The second-order valence-corrected chi connectivity index (χ2v) is 5.69. The number of nitrogens with zero attached hydrogens (tertiary/aromatic N) is 2. The maximum Gasteiger partial charge on any atom is 0.270 e. The van der Waals surface area contributed by atoms with Crippen LogP contribution >= 0.6 is 0 Å². The van der Waals surface area contributed by atoms with Crippen molar-refractivity contribution in [2.45, 2.75) is 32.9 Å². The lowest BCUT2D eigenvalue weighted by Crippen LogP contribution is -2.40. The molecule has 3 atom stereocenters. The van der Waals surface area contributed by atoms with Crippen LogP contribution in [0.3, 0.4) is 0 Å². The van der Waals surface area contributed by atoms with E-state index in [4.69, 9.17) is 0 Å². The van der Waals surface area contributed by atoms with E-state index in [0.29, 0.717) is 17.9 Å². The van der Waals surface area contributed by atoms with Crippen LogP contribution in [0.4, 0.5) is 0 Å². The first-order chi connectivity index (χ1) is 9.26. The molecular formula is C15H23N3O. The van der Waals surface area contributed by atoms with Crippen LogP contribution in [-0.4, -0.2) is 41.1 Å². The van der Waals surface area contributed by atoms with E-state index in [2.05, 4.69) is 24.1 Å². The molecule has 3 unspecified atom stereocenters. The average molecular weight is 261 g/mol. The first-order valence-electron chi connectivity index (χ1n) is 7.43. The number of nitrogens with one attached hydrogen (secondary N) is 1. The van der Waals surface area contributed by atoms with Gasteiger partial charge in [0.2, 0.25) is 0 Å². The molecule has 0 aromatic carbocycles. The summed E-state index contributed by atoms with van der Waals surface area (Å²) in [6, 6.07) is 4.33. The molecule has 0 saturated carbocycles. The van der Waals surface area contributed by atoms with Gasteiger partial charge >= 0.3 is 0 Å². The molecule has 3 rings (SSSR count). The molecule has 2 fully saturated rings. The molecule has 2 saturated heterocycles. The van der Waals surface area contributed by atoms with Gasteiger partial charge in [0.1, 0.15) is 5.69 Å². The zero-order valence-corrected chi connectivity index (χ0v) is 11.8. The van der Waals surface area contributed by atoms with E-state index in [1.807, 2.05) is 22.9 Å². The number of carbonyl (C=O) groups is 1. The lowest BCUT2D eigenvalue weighted by atomic mass is 9.93. The summed E-state index contributed by atoms with van der Waals surface area (Å²) in [6.45, 7) is 8.19. The quantitative estimate of drug-likeness (QED) is 0.897. The van der Waals surface area contributed by atoms with E-state index in [1.165, 1.54) is 0 Å². The van der Waals surface area contributed by atoms with Crippen molar-refractivity contribution in [3.05, 3.63) is 24.0 Å². The highest BCUT2D eigenvalue weighted by Gasteiger charge is 2.45. The Morgan fingerprint density at radius 3 is 3.00 bits per heavy atom. The molecule has 4 nitrogen and oxygen atoms in total. The third kappa shape index (κ3) is 1.98. The molecule has 2 aliphatic heterocycles. The van der Waals surface area contributed by atoms with Crippen LogP contribution in [0.15, 0.2) is 18.3 Å². The van der Waals surface area contributed by atoms with E-state index in [1.54, 1.807) is 0 Å². The van der Waals surface area contributed by atoms with Crippen molar-refractivity contribution < 1.29 is 4.79 Å². The molecule has 0 bridgehead atoms. The summed E-state index contributed by atoms with van der Waals surface area (Å²) in [5, 5.41) is 3.46. The van der Waals surface area contributed by atoms with Crippen LogP contribution < -0.4 is 5.32 Å². The smallest absolute Gasteiger partial charge is 0.270 e. The summed E-state index contributed by atoms with van der Waals surface area (Å²) in [7, 11) is 0. The highest BCUT2D eigenvalue weighted by molar-refractivity contribution is 5.93. The number of hydrogen-bond acceptors (Lipinski definition) is 2. The van der Waals surface area contributed by atoms with Crippen molar-refractivity contribution >= 4 is 5.91 Å². The summed E-state index contributed by atoms with van der Waals surface area (Å²) in [5.41, 5.74) is 0.842. The van der Waals surface area contributed by atoms with Gasteiger partial charge < -0.3 is 14.8 Å². The number of carbonyl (C=O) groups excluding carboxylic acids is 1. The number of hydrogen-bond donors (Lipinski definition) is 1. The minimum absolute atomic E-state index is 0.216. The zero-order chi connectivity index (χ0) is 13.4. The molecule has 1 aromatic rings. The molecule has 1 aromatic heterocycles. The maximum absolute atomic E-state index is 12.8. The first kappa shape index (κ1) is 12.7. The summed E-state index contributed by atoms with van der Waals surface area (Å²) < 4.78 is 2.04. The highest BCUT2D eigenvalue weighted by atomic mass is 16.2. The fraction of sp³-hybridized carbons (Fsp3) is 0.667. The van der Waals surface area contributed by atoms with Crippen molar-refractivity contribution in [2.24, 2.45) is 11.8 Å². The van der Waals surface area contributed by atoms with Gasteiger partial charge in [-0.3, -0.25) is 4.79 Å². The largest absolute Gasteiger partial charge is 0.344 e. The normalized spacial score (nSPS) is 29.8. The van der Waals surface area contributed by atoms with Gasteiger partial charge in [0, 0.05) is 38.4 Å². The molecule has 0 spiro atoms. The van der Waals surface area contributed by atoms with Crippen molar-refractivity contribution in [3.63, 3.8) is 0 Å². The summed E-state index contributed by atoms with van der Waals surface area (Å²) >= 11 is 0. The Balaban J connectivity index is 1.84. The Kier molecular flexibility index (Phi) is 3.35. The van der Waals surface area contributed by atoms with Gasteiger partial charge in [-0.1, -0.05) is 6.92 Å². The lowest BCUT2D eigenvalue weighted by molar-refractivity contribution is 0.0701. The van der Waals surface area contributed by atoms with E-state index >= 15 is 0 Å². The summed E-state index contributed by atoms with van der Waals surface area (Å²) in [6.07, 6.45) is 3.05. The van der Waals surface area contributed by atoms with Gasteiger partial charge in [0.05, 0.1) is 0 Å². The van der Waals surface area contributed by atoms with E-state index in [-0.39, 0.29) is 5.91 Å². The Morgan fingerprint density at radius 2 is 2.26 bits per heavy atom. The summed E-state index contributed by atoms with van der Waals surface area (Å²) in [4.78, 5) is 14.9. The van der Waals surface area contributed by atoms with Crippen molar-refractivity contribution in [1.82, 2.24) is 14.8 Å². The number of amides is 1. The maximum atomic E-state index is 12.8. The standard InChI is InChI=1S/C15H23N3O/c1-3-13-12-9-16-8-11(12)10-18(13)15(19)14-6-5-7-17(14)4-2/h5-7,11-13,16H,3-4,8-10H2,1-2H3. The Morgan fingerprint density at radius 1 is 1.42 bits per heavy atom. The minimum Gasteiger partial charge on any atom is -0.344 e. The van der Waals surface area contributed by atoms with Crippen LogP contribution in [0.1, 0.15) is 30.8 Å². The van der Waals surface area contributed by atoms with Crippen LogP contribution in [0, 0.1) is 11.8 Å². The lowest BCUT2D eigenvalue weighted by Gasteiger charge is -2.27. The Labute approximate surface area is 114 Å².